The van der Waals surface area contributed by atoms with Crippen molar-refractivity contribution in [2.24, 2.45) is 0 Å². The molecule has 0 spiro atoms. The highest BCUT2D eigenvalue weighted by Crippen LogP contribution is 2.45. The number of furan rings is 2. The minimum Gasteiger partial charge on any atom is -0.455 e. The van der Waals surface area contributed by atoms with Gasteiger partial charge in [0.2, 0.25) is 0 Å². The van der Waals surface area contributed by atoms with Crippen molar-refractivity contribution in [2.45, 2.75) is 0 Å². The maximum absolute atomic E-state index is 6.70. The predicted molar refractivity (Wildman–Crippen MR) is 287 cm³/mol. The lowest BCUT2D eigenvalue weighted by molar-refractivity contribution is 0.672. The highest BCUT2D eigenvalue weighted by atomic mass is 16.3. The van der Waals surface area contributed by atoms with E-state index < -0.39 is 0 Å². The summed E-state index contributed by atoms with van der Waals surface area (Å²) in [4.78, 5) is 11.1. The van der Waals surface area contributed by atoms with Gasteiger partial charge in [-0.1, -0.05) is 158 Å². The molecule has 0 radical (unpaired) electrons. The number of nitrogens with zero attached hydrogens (tertiary/aromatic N) is 4. The summed E-state index contributed by atoms with van der Waals surface area (Å²) < 4.78 is 18.1. The van der Waals surface area contributed by atoms with Crippen molar-refractivity contribution >= 4 is 87.5 Å². The Morgan fingerprint density at radius 1 is 0.300 bits per heavy atom. The van der Waals surface area contributed by atoms with E-state index in [0.29, 0.717) is 5.82 Å². The van der Waals surface area contributed by atoms with Crippen molar-refractivity contribution in [1.82, 2.24) is 19.1 Å². The molecule has 0 amide bonds. The average molecular weight is 895 g/mol. The van der Waals surface area contributed by atoms with Crippen LogP contribution >= 0.6 is 0 Å². The van der Waals surface area contributed by atoms with Gasteiger partial charge in [0.15, 0.2) is 5.82 Å². The molecule has 0 aliphatic carbocycles. The molecule has 15 aromatic rings. The Bertz CT molecular complexity index is 4360. The number of hydrogen-bond donors (Lipinski definition) is 0. The molecule has 0 bridgehead atoms. The predicted octanol–water partition coefficient (Wildman–Crippen LogP) is 17.1. The highest BCUT2D eigenvalue weighted by molar-refractivity contribution is 6.25. The summed E-state index contributed by atoms with van der Waals surface area (Å²) in [7, 11) is 0. The van der Waals surface area contributed by atoms with E-state index in [-0.39, 0.29) is 0 Å². The Morgan fingerprint density at radius 3 is 1.30 bits per heavy atom. The van der Waals surface area contributed by atoms with Crippen molar-refractivity contribution in [3.05, 3.63) is 231 Å². The number of benzene rings is 10. The molecule has 6 nitrogen and oxygen atoms in total. The summed E-state index contributed by atoms with van der Waals surface area (Å²) in [6, 6.07) is 81.2. The van der Waals surface area contributed by atoms with Crippen LogP contribution in [0.25, 0.3) is 144 Å². The summed E-state index contributed by atoms with van der Waals surface area (Å²) in [6.07, 6.45) is 0. The van der Waals surface area contributed by atoms with Crippen molar-refractivity contribution in [1.29, 1.82) is 0 Å². The van der Waals surface area contributed by atoms with Crippen LogP contribution in [0, 0.1) is 0 Å². The SMILES string of the molecule is c1ccc(-c2cccc(-c3nc(-c4ccccc4-n4c5ccccc5c5c6oc7ccccc7c6ccc54)cc(-c4ccccc4-n4c5ccccc5c5c6oc7ccccc7c6ccc54)n3)c2)cc1. The second-order valence-electron chi connectivity index (χ2n) is 18.0. The maximum atomic E-state index is 6.70. The molecule has 0 atom stereocenters. The van der Waals surface area contributed by atoms with E-state index in [1.807, 2.05) is 30.3 Å². The van der Waals surface area contributed by atoms with Crippen LogP contribution in [0.2, 0.25) is 0 Å². The summed E-state index contributed by atoms with van der Waals surface area (Å²) in [5.41, 5.74) is 16.5. The first-order chi connectivity index (χ1) is 34.7. The normalized spacial score (nSPS) is 12.0. The van der Waals surface area contributed by atoms with Gasteiger partial charge < -0.3 is 18.0 Å². The van der Waals surface area contributed by atoms with Gasteiger partial charge in [0.25, 0.3) is 0 Å². The van der Waals surface area contributed by atoms with Crippen LogP contribution in [0.4, 0.5) is 0 Å². The lowest BCUT2D eigenvalue weighted by atomic mass is 10.0. The molecule has 5 aromatic heterocycles. The van der Waals surface area contributed by atoms with Crippen LogP contribution in [0.5, 0.6) is 0 Å². The van der Waals surface area contributed by atoms with Gasteiger partial charge in [-0.2, -0.15) is 0 Å². The Morgan fingerprint density at radius 2 is 0.743 bits per heavy atom. The second kappa shape index (κ2) is 15.0. The minimum absolute atomic E-state index is 0.632. The van der Waals surface area contributed by atoms with Gasteiger partial charge in [-0.3, -0.25) is 0 Å². The molecule has 0 aliphatic heterocycles. The Kier molecular flexibility index (Phi) is 8.26. The van der Waals surface area contributed by atoms with Crippen molar-refractivity contribution in [2.75, 3.05) is 0 Å². The zero-order valence-electron chi connectivity index (χ0n) is 37.5. The quantitative estimate of drug-likeness (QED) is 0.167. The maximum Gasteiger partial charge on any atom is 0.160 e. The molecular formula is C64H38N4O2. The van der Waals surface area contributed by atoms with Gasteiger partial charge in [0, 0.05) is 49.0 Å². The molecule has 6 heteroatoms. The Hall–Kier alpha value is -9.52. The van der Waals surface area contributed by atoms with E-state index in [0.717, 1.165) is 138 Å². The van der Waals surface area contributed by atoms with E-state index in [9.17, 15) is 0 Å². The van der Waals surface area contributed by atoms with Crippen LogP contribution in [0.15, 0.2) is 239 Å². The number of rotatable bonds is 6. The minimum atomic E-state index is 0.632. The van der Waals surface area contributed by atoms with E-state index >= 15 is 0 Å². The molecule has 0 aliphatic rings. The molecule has 0 saturated heterocycles. The first-order valence-corrected chi connectivity index (χ1v) is 23.6. The van der Waals surface area contributed by atoms with Gasteiger partial charge >= 0.3 is 0 Å². The Balaban J connectivity index is 0.990. The fourth-order valence-electron chi connectivity index (χ4n) is 11.1. The fraction of sp³-hybridized carbons (Fsp3) is 0. The topological polar surface area (TPSA) is 61.9 Å². The van der Waals surface area contributed by atoms with Gasteiger partial charge in [0.1, 0.15) is 22.3 Å². The van der Waals surface area contributed by atoms with Gasteiger partial charge in [0.05, 0.1) is 55.6 Å². The van der Waals surface area contributed by atoms with Crippen molar-refractivity contribution in [3.8, 4) is 56.4 Å². The molecule has 0 fully saturated rings. The van der Waals surface area contributed by atoms with Gasteiger partial charge in [-0.15, -0.1) is 0 Å². The molecule has 5 heterocycles. The number of para-hydroxylation sites is 6. The standard InChI is InChI=1S/C64H38N4O2/c1-2-17-39(18-3-1)40-19-16-20-41(37-40)64-65-50(46-23-4-10-27-52(46)67-54-29-12-6-25-48(54)60-56(67)35-33-44-42-21-8-14-31-58(42)69-62(44)60)38-51(66-64)47-24-5-11-28-53(47)68-55-30-13-7-26-49(55)61-57(68)36-34-45-43-22-9-15-32-59(43)70-63(45)61/h1-38H. The largest absolute Gasteiger partial charge is 0.455 e. The molecule has 0 unspecified atom stereocenters. The van der Waals surface area contributed by atoms with Crippen molar-refractivity contribution in [3.63, 3.8) is 0 Å². The molecular weight excluding hydrogens is 857 g/mol. The third-order valence-corrected chi connectivity index (χ3v) is 14.2. The average Bonchev–Trinajstić information content (AvgIpc) is 4.19. The zero-order valence-corrected chi connectivity index (χ0v) is 37.5. The van der Waals surface area contributed by atoms with E-state index in [1.165, 1.54) is 0 Å². The summed E-state index contributed by atoms with van der Waals surface area (Å²) in [6.45, 7) is 0. The summed E-state index contributed by atoms with van der Waals surface area (Å²) in [5.74, 6) is 0.632. The zero-order chi connectivity index (χ0) is 45.9. The van der Waals surface area contributed by atoms with Crippen LogP contribution in [0.1, 0.15) is 0 Å². The van der Waals surface area contributed by atoms with Gasteiger partial charge in [-0.05, 0) is 83.9 Å². The highest BCUT2D eigenvalue weighted by Gasteiger charge is 2.24. The van der Waals surface area contributed by atoms with E-state index in [4.69, 9.17) is 18.8 Å². The molecule has 70 heavy (non-hydrogen) atoms. The third kappa shape index (κ3) is 5.68. The monoisotopic (exact) mass is 894 g/mol. The van der Waals surface area contributed by atoms with E-state index in [1.54, 1.807) is 0 Å². The molecule has 15 rings (SSSR count). The second-order valence-corrected chi connectivity index (χ2v) is 18.0. The van der Waals surface area contributed by atoms with Gasteiger partial charge in [-0.25, -0.2) is 9.97 Å². The van der Waals surface area contributed by atoms with Crippen LogP contribution < -0.4 is 0 Å². The fourth-order valence-corrected chi connectivity index (χ4v) is 11.1. The van der Waals surface area contributed by atoms with Crippen molar-refractivity contribution < 1.29 is 8.83 Å². The summed E-state index contributed by atoms with van der Waals surface area (Å²) >= 11 is 0. The lowest BCUT2D eigenvalue weighted by Crippen LogP contribution is -2.02. The van der Waals surface area contributed by atoms with E-state index in [2.05, 4.69) is 209 Å². The van der Waals surface area contributed by atoms with Crippen LogP contribution in [-0.4, -0.2) is 19.1 Å². The third-order valence-electron chi connectivity index (χ3n) is 14.2. The number of fused-ring (bicyclic) bond motifs is 14. The Labute approximate surface area is 400 Å². The smallest absolute Gasteiger partial charge is 0.160 e. The summed E-state index contributed by atoms with van der Waals surface area (Å²) in [5, 5.41) is 8.84. The van der Waals surface area contributed by atoms with Crippen LogP contribution in [-0.2, 0) is 0 Å². The molecule has 326 valence electrons. The van der Waals surface area contributed by atoms with Crippen LogP contribution in [0.3, 0.4) is 0 Å². The molecule has 10 aromatic carbocycles. The number of aromatic nitrogens is 4. The first kappa shape index (κ1) is 38.6. The molecule has 0 N–H and O–H groups in total. The number of hydrogen-bond acceptors (Lipinski definition) is 4. The first-order valence-electron chi connectivity index (χ1n) is 23.6. The molecule has 0 saturated carbocycles. The lowest BCUT2D eigenvalue weighted by Gasteiger charge is -2.17.